The fourth-order valence-corrected chi connectivity index (χ4v) is 1.11. The Kier molecular flexibility index (Phi) is 23.2. The first-order valence-electron chi connectivity index (χ1n) is 7.70. The molecule has 0 saturated carbocycles. The lowest BCUT2D eigenvalue weighted by atomic mass is 10.1. The molecule has 0 aromatic heterocycles. The smallest absolute Gasteiger partial charge is 0.330 e. The number of unbranched alkanes of at least 4 members (excludes halogenated alkanes) is 6. The van der Waals surface area contributed by atoms with E-state index in [9.17, 15) is 9.59 Å². The molecule has 0 aliphatic heterocycles. The molecule has 0 aromatic rings. The number of carboxylic acid groups (broad SMARTS) is 2. The highest BCUT2D eigenvalue weighted by Gasteiger charge is 1.91. The van der Waals surface area contributed by atoms with Gasteiger partial charge in [-0.2, -0.15) is 0 Å². The van der Waals surface area contributed by atoms with Gasteiger partial charge in [0.15, 0.2) is 0 Å². The zero-order valence-electron chi connectivity index (χ0n) is 14.4. The Labute approximate surface area is 139 Å². The van der Waals surface area contributed by atoms with Crippen molar-refractivity contribution in [2.45, 2.75) is 58.8 Å². The molecule has 23 heavy (non-hydrogen) atoms. The van der Waals surface area contributed by atoms with Crippen LogP contribution in [0.15, 0.2) is 24.3 Å². The molecule has 0 fully saturated rings. The van der Waals surface area contributed by atoms with Crippen LogP contribution in [-0.2, 0) is 9.59 Å². The monoisotopic (exact) mass is 332 g/mol. The summed E-state index contributed by atoms with van der Waals surface area (Å²) in [5.41, 5.74) is 0.352. The zero-order valence-corrected chi connectivity index (χ0v) is 14.4. The van der Waals surface area contributed by atoms with Gasteiger partial charge in [0.05, 0.1) is 0 Å². The molecule has 0 aliphatic carbocycles. The Morgan fingerprint density at radius 2 is 0.826 bits per heavy atom. The summed E-state index contributed by atoms with van der Waals surface area (Å²) in [4.78, 5) is 19.2. The van der Waals surface area contributed by atoms with Crippen LogP contribution < -0.4 is 0 Å². The van der Waals surface area contributed by atoms with Crippen LogP contribution in [0.4, 0.5) is 0 Å². The molecule has 4 N–H and O–H groups in total. The molecule has 0 aromatic carbocycles. The van der Waals surface area contributed by atoms with Crippen molar-refractivity contribution in [2.24, 2.45) is 0 Å². The SMILES string of the molecule is C=C(C)C(=O)O.C=C(C)C(=O)O.OCCCCCCCCCO. The second-order valence-electron chi connectivity index (χ2n) is 5.09. The van der Waals surface area contributed by atoms with Crippen molar-refractivity contribution < 1.29 is 30.0 Å². The lowest BCUT2D eigenvalue weighted by Gasteiger charge is -1.98. The minimum absolute atomic E-state index is 0.176. The van der Waals surface area contributed by atoms with E-state index in [1.54, 1.807) is 0 Å². The van der Waals surface area contributed by atoms with Crippen LogP contribution in [0.25, 0.3) is 0 Å². The average Bonchev–Trinajstić information content (AvgIpc) is 2.47. The second-order valence-corrected chi connectivity index (χ2v) is 5.09. The number of hydrogen-bond acceptors (Lipinski definition) is 4. The van der Waals surface area contributed by atoms with Crippen molar-refractivity contribution in [3.63, 3.8) is 0 Å². The Hall–Kier alpha value is -1.66. The average molecular weight is 332 g/mol. The third-order valence-electron chi connectivity index (χ3n) is 2.55. The number of carboxylic acids is 2. The van der Waals surface area contributed by atoms with Crippen LogP contribution in [0.5, 0.6) is 0 Å². The molecule has 6 heteroatoms. The number of carbonyl (C=O) groups is 2. The number of hydrogen-bond donors (Lipinski definition) is 4. The van der Waals surface area contributed by atoms with E-state index in [1.165, 1.54) is 33.1 Å². The number of aliphatic carboxylic acids is 2. The van der Waals surface area contributed by atoms with Gasteiger partial charge in [-0.3, -0.25) is 0 Å². The predicted molar refractivity (Wildman–Crippen MR) is 91.4 cm³/mol. The maximum Gasteiger partial charge on any atom is 0.330 e. The summed E-state index contributed by atoms with van der Waals surface area (Å²) in [6.07, 6.45) is 7.89. The van der Waals surface area contributed by atoms with Gasteiger partial charge in [-0.15, -0.1) is 0 Å². The van der Waals surface area contributed by atoms with E-state index in [1.807, 2.05) is 0 Å². The van der Waals surface area contributed by atoms with E-state index in [0.717, 1.165) is 25.7 Å². The highest BCUT2D eigenvalue weighted by atomic mass is 16.4. The van der Waals surface area contributed by atoms with Crippen molar-refractivity contribution in [1.29, 1.82) is 0 Å². The van der Waals surface area contributed by atoms with Gasteiger partial charge in [-0.05, 0) is 26.7 Å². The van der Waals surface area contributed by atoms with E-state index in [4.69, 9.17) is 20.4 Å². The molecule has 0 unspecified atom stereocenters. The molecule has 0 saturated heterocycles. The lowest BCUT2D eigenvalue weighted by molar-refractivity contribution is -0.133. The first kappa shape index (κ1) is 26.2. The van der Waals surface area contributed by atoms with Gasteiger partial charge in [-0.1, -0.05) is 45.3 Å². The molecular formula is C17H32O6. The summed E-state index contributed by atoms with van der Waals surface area (Å²) in [5, 5.41) is 32.7. The van der Waals surface area contributed by atoms with Crippen molar-refractivity contribution in [2.75, 3.05) is 13.2 Å². The van der Waals surface area contributed by atoms with E-state index in [0.29, 0.717) is 13.2 Å². The van der Waals surface area contributed by atoms with Crippen molar-refractivity contribution in [3.8, 4) is 0 Å². The van der Waals surface area contributed by atoms with Crippen molar-refractivity contribution in [3.05, 3.63) is 24.3 Å². The molecule has 0 bridgehead atoms. The summed E-state index contributed by atoms with van der Waals surface area (Å²) >= 11 is 0. The van der Waals surface area contributed by atoms with Crippen molar-refractivity contribution >= 4 is 11.9 Å². The summed E-state index contributed by atoms with van der Waals surface area (Å²) in [6, 6.07) is 0. The van der Waals surface area contributed by atoms with E-state index in [-0.39, 0.29) is 11.1 Å². The molecular weight excluding hydrogens is 300 g/mol. The summed E-state index contributed by atoms with van der Waals surface area (Å²) < 4.78 is 0. The van der Waals surface area contributed by atoms with Crippen molar-refractivity contribution in [1.82, 2.24) is 0 Å². The maximum atomic E-state index is 9.60. The fourth-order valence-electron chi connectivity index (χ4n) is 1.11. The summed E-state index contributed by atoms with van der Waals surface area (Å²) in [6.45, 7) is 9.86. The number of rotatable bonds is 10. The van der Waals surface area contributed by atoms with Gasteiger partial charge in [0.2, 0.25) is 0 Å². The lowest BCUT2D eigenvalue weighted by Crippen LogP contribution is -1.92. The van der Waals surface area contributed by atoms with E-state index < -0.39 is 11.9 Å². The molecule has 0 atom stereocenters. The molecule has 0 aliphatic rings. The normalized spacial score (nSPS) is 8.87. The van der Waals surface area contributed by atoms with Crippen LogP contribution >= 0.6 is 0 Å². The third-order valence-corrected chi connectivity index (χ3v) is 2.55. The quantitative estimate of drug-likeness (QED) is 0.361. The standard InChI is InChI=1S/C9H20O2.2C4H6O2/c10-8-6-4-2-1-3-5-7-9-11;2*1-3(2)4(5)6/h10-11H,1-9H2;2*1H2,2H3,(H,5,6). The van der Waals surface area contributed by atoms with Gasteiger partial charge in [0.25, 0.3) is 0 Å². The first-order chi connectivity index (χ1) is 10.7. The van der Waals surface area contributed by atoms with Crippen LogP contribution in [0.1, 0.15) is 58.8 Å². The number of aliphatic hydroxyl groups excluding tert-OH is 2. The topological polar surface area (TPSA) is 115 Å². The minimum atomic E-state index is -0.935. The van der Waals surface area contributed by atoms with Gasteiger partial charge in [0.1, 0.15) is 0 Å². The zero-order chi connectivity index (χ0) is 18.7. The largest absolute Gasteiger partial charge is 0.478 e. The molecule has 6 nitrogen and oxygen atoms in total. The van der Waals surface area contributed by atoms with Crippen LogP contribution in [0.2, 0.25) is 0 Å². The van der Waals surface area contributed by atoms with Crippen LogP contribution in [0.3, 0.4) is 0 Å². The Morgan fingerprint density at radius 3 is 0.957 bits per heavy atom. The Morgan fingerprint density at radius 1 is 0.652 bits per heavy atom. The van der Waals surface area contributed by atoms with E-state index in [2.05, 4.69) is 13.2 Å². The first-order valence-corrected chi connectivity index (χ1v) is 7.70. The summed E-state index contributed by atoms with van der Waals surface area (Å²) in [5.74, 6) is -1.87. The van der Waals surface area contributed by atoms with Gasteiger partial charge in [-0.25, -0.2) is 9.59 Å². The number of aliphatic hydroxyl groups is 2. The molecule has 0 heterocycles. The highest BCUT2D eigenvalue weighted by molar-refractivity contribution is 5.85. The van der Waals surface area contributed by atoms with Crippen LogP contribution in [-0.4, -0.2) is 45.6 Å². The summed E-state index contributed by atoms with van der Waals surface area (Å²) in [7, 11) is 0. The molecule has 0 amide bonds. The molecule has 0 spiro atoms. The molecule has 0 rings (SSSR count). The Bertz CT molecular complexity index is 280. The molecule has 136 valence electrons. The predicted octanol–water partition coefficient (Wildman–Crippen LogP) is 3.00. The molecule has 0 radical (unpaired) electrons. The van der Waals surface area contributed by atoms with Gasteiger partial charge < -0.3 is 20.4 Å². The Balaban J connectivity index is -0.000000284. The van der Waals surface area contributed by atoms with E-state index >= 15 is 0 Å². The highest BCUT2D eigenvalue weighted by Crippen LogP contribution is 2.06. The fraction of sp³-hybridized carbons (Fsp3) is 0.647. The second kappa shape index (κ2) is 20.3. The van der Waals surface area contributed by atoms with Gasteiger partial charge >= 0.3 is 11.9 Å². The minimum Gasteiger partial charge on any atom is -0.478 e. The third kappa shape index (κ3) is 33.3. The van der Waals surface area contributed by atoms with Gasteiger partial charge in [0, 0.05) is 24.4 Å². The maximum absolute atomic E-state index is 9.60. The van der Waals surface area contributed by atoms with Crippen LogP contribution in [0, 0.1) is 0 Å².